The van der Waals surface area contributed by atoms with Gasteiger partial charge in [-0.05, 0) is 36.8 Å². The number of halogens is 1. The summed E-state index contributed by atoms with van der Waals surface area (Å²) >= 11 is 0. The van der Waals surface area contributed by atoms with E-state index in [4.69, 9.17) is 4.74 Å². The maximum Gasteiger partial charge on any atom is 0.191 e. The molecule has 2 N–H and O–H groups in total. The first-order valence-corrected chi connectivity index (χ1v) is 8.10. The summed E-state index contributed by atoms with van der Waals surface area (Å²) in [5, 5.41) is 6.42. The van der Waals surface area contributed by atoms with Gasteiger partial charge >= 0.3 is 0 Å². The lowest BCUT2D eigenvalue weighted by molar-refractivity contribution is 0.0398. The van der Waals surface area contributed by atoms with Crippen LogP contribution in [0.5, 0.6) is 0 Å². The van der Waals surface area contributed by atoms with Crippen molar-refractivity contribution < 1.29 is 4.74 Å². The first-order valence-electron chi connectivity index (χ1n) is 8.10. The first kappa shape index (κ1) is 20.0. The van der Waals surface area contributed by atoms with Crippen LogP contribution in [0.15, 0.2) is 41.9 Å². The Morgan fingerprint density at radius 1 is 1.39 bits per heavy atom. The molecule has 0 aliphatic heterocycles. The van der Waals surface area contributed by atoms with Gasteiger partial charge in [0.15, 0.2) is 5.96 Å². The molecule has 1 aromatic carbocycles. The fourth-order valence-electron chi connectivity index (χ4n) is 2.78. The van der Waals surface area contributed by atoms with Crippen LogP contribution in [-0.2, 0) is 11.2 Å². The van der Waals surface area contributed by atoms with Crippen LogP contribution in [-0.4, -0.2) is 32.7 Å². The highest BCUT2D eigenvalue weighted by molar-refractivity contribution is 14.0. The number of ether oxygens (including phenoxy) is 1. The zero-order valence-electron chi connectivity index (χ0n) is 13.9. The second-order valence-corrected chi connectivity index (χ2v) is 5.47. The number of hydrogen-bond donors (Lipinski definition) is 2. The van der Waals surface area contributed by atoms with Crippen LogP contribution in [0.25, 0.3) is 0 Å². The minimum Gasteiger partial charge on any atom is -0.373 e. The standard InChI is InChI=1S/C18H27N3O.HI/c1-3-12-20-18(19-2)21-13-7-14-22-17-11-6-9-15-8-4-5-10-16(15)17;/h3-5,8,10,17H,1,6-7,9,11-14H2,2H3,(H2,19,20,21);1H. The number of aliphatic imine (C=N–C) groups is 1. The molecule has 0 saturated carbocycles. The van der Waals surface area contributed by atoms with Crippen molar-refractivity contribution in [3.8, 4) is 0 Å². The van der Waals surface area contributed by atoms with Crippen LogP contribution < -0.4 is 10.6 Å². The molecule has 2 rings (SSSR count). The van der Waals surface area contributed by atoms with Gasteiger partial charge in [0.05, 0.1) is 6.10 Å². The van der Waals surface area contributed by atoms with Gasteiger partial charge in [-0.15, -0.1) is 30.6 Å². The third-order valence-electron chi connectivity index (χ3n) is 3.88. The first-order chi connectivity index (χ1) is 10.8. The third kappa shape index (κ3) is 6.51. The Labute approximate surface area is 156 Å². The minimum absolute atomic E-state index is 0. The van der Waals surface area contributed by atoms with Gasteiger partial charge in [-0.3, -0.25) is 4.99 Å². The predicted molar refractivity (Wildman–Crippen MR) is 108 cm³/mol. The number of aryl methyl sites for hydroxylation is 1. The molecule has 1 unspecified atom stereocenters. The Balaban J connectivity index is 0.00000264. The lowest BCUT2D eigenvalue weighted by atomic mass is 9.89. The number of fused-ring (bicyclic) bond motifs is 1. The molecule has 0 radical (unpaired) electrons. The maximum atomic E-state index is 6.09. The van der Waals surface area contributed by atoms with E-state index >= 15 is 0 Å². The fraction of sp³-hybridized carbons (Fsp3) is 0.500. The number of benzene rings is 1. The molecule has 1 atom stereocenters. The molecular formula is C18H28IN3O. The van der Waals surface area contributed by atoms with Crippen molar-refractivity contribution in [3.05, 3.63) is 48.0 Å². The molecule has 0 spiro atoms. The van der Waals surface area contributed by atoms with E-state index in [1.807, 2.05) is 6.08 Å². The molecular weight excluding hydrogens is 401 g/mol. The minimum atomic E-state index is 0. The van der Waals surface area contributed by atoms with Crippen molar-refractivity contribution in [1.82, 2.24) is 10.6 Å². The number of nitrogens with one attached hydrogen (secondary N) is 2. The quantitative estimate of drug-likeness (QED) is 0.230. The molecule has 0 saturated heterocycles. The molecule has 0 fully saturated rings. The molecule has 0 heterocycles. The van der Waals surface area contributed by atoms with Crippen LogP contribution in [0.3, 0.4) is 0 Å². The summed E-state index contributed by atoms with van der Waals surface area (Å²) in [6, 6.07) is 8.66. The monoisotopic (exact) mass is 429 g/mol. The average molecular weight is 429 g/mol. The van der Waals surface area contributed by atoms with Crippen molar-refractivity contribution in [1.29, 1.82) is 0 Å². The summed E-state index contributed by atoms with van der Waals surface area (Å²) in [4.78, 5) is 4.15. The normalized spacial score (nSPS) is 16.9. The van der Waals surface area contributed by atoms with Crippen LogP contribution in [0.4, 0.5) is 0 Å². The Hall–Kier alpha value is -1.08. The lowest BCUT2D eigenvalue weighted by Crippen LogP contribution is -2.38. The molecule has 23 heavy (non-hydrogen) atoms. The molecule has 4 nitrogen and oxygen atoms in total. The molecule has 5 heteroatoms. The zero-order valence-corrected chi connectivity index (χ0v) is 16.2. The Bertz CT molecular complexity index is 505. The van der Waals surface area contributed by atoms with Gasteiger partial charge in [-0.25, -0.2) is 0 Å². The maximum absolute atomic E-state index is 6.09. The van der Waals surface area contributed by atoms with Crippen LogP contribution in [0, 0.1) is 0 Å². The van der Waals surface area contributed by atoms with E-state index in [1.54, 1.807) is 7.05 Å². The van der Waals surface area contributed by atoms with Gasteiger partial charge in [0.1, 0.15) is 0 Å². The number of rotatable bonds is 7. The summed E-state index contributed by atoms with van der Waals surface area (Å²) in [5.41, 5.74) is 2.83. The van der Waals surface area contributed by atoms with Crippen molar-refractivity contribution >= 4 is 29.9 Å². The van der Waals surface area contributed by atoms with Crippen molar-refractivity contribution in [2.45, 2.75) is 31.8 Å². The second kappa shape index (κ2) is 11.5. The lowest BCUT2D eigenvalue weighted by Gasteiger charge is -2.25. The summed E-state index contributed by atoms with van der Waals surface area (Å²) in [7, 11) is 1.77. The highest BCUT2D eigenvalue weighted by atomic mass is 127. The van der Waals surface area contributed by atoms with Gasteiger partial charge in [-0.2, -0.15) is 0 Å². The number of guanidine groups is 1. The molecule has 1 aliphatic carbocycles. The van der Waals surface area contributed by atoms with Gasteiger partial charge in [0.2, 0.25) is 0 Å². The summed E-state index contributed by atoms with van der Waals surface area (Å²) in [5.74, 6) is 0.808. The van der Waals surface area contributed by atoms with E-state index in [9.17, 15) is 0 Å². The second-order valence-electron chi connectivity index (χ2n) is 5.47. The molecule has 128 valence electrons. The zero-order chi connectivity index (χ0) is 15.6. The molecule has 1 aromatic rings. The topological polar surface area (TPSA) is 45.7 Å². The highest BCUT2D eigenvalue weighted by Crippen LogP contribution is 2.32. The van der Waals surface area contributed by atoms with E-state index in [2.05, 4.69) is 46.5 Å². The van der Waals surface area contributed by atoms with Gasteiger partial charge in [0.25, 0.3) is 0 Å². The Morgan fingerprint density at radius 2 is 2.22 bits per heavy atom. The SMILES string of the molecule is C=CCNC(=NC)NCCCOC1CCCc2ccccc21.I. The van der Waals surface area contributed by atoms with Crippen molar-refractivity contribution in [3.63, 3.8) is 0 Å². The predicted octanol–water partition coefficient (Wildman–Crippen LogP) is 3.44. The van der Waals surface area contributed by atoms with E-state index in [0.717, 1.165) is 38.5 Å². The number of hydrogen-bond acceptors (Lipinski definition) is 2. The molecule has 0 aromatic heterocycles. The summed E-state index contributed by atoms with van der Waals surface area (Å²) in [6.07, 6.45) is 6.58. The smallest absolute Gasteiger partial charge is 0.191 e. The summed E-state index contributed by atoms with van der Waals surface area (Å²) in [6.45, 7) is 6.02. The van der Waals surface area contributed by atoms with Crippen LogP contribution in [0.2, 0.25) is 0 Å². The third-order valence-corrected chi connectivity index (χ3v) is 3.88. The van der Waals surface area contributed by atoms with E-state index in [-0.39, 0.29) is 30.1 Å². The van der Waals surface area contributed by atoms with Gasteiger partial charge < -0.3 is 15.4 Å². The van der Waals surface area contributed by atoms with Gasteiger partial charge in [0, 0.05) is 26.7 Å². The van der Waals surface area contributed by atoms with Crippen LogP contribution in [0.1, 0.15) is 36.5 Å². The van der Waals surface area contributed by atoms with E-state index in [1.165, 1.54) is 24.0 Å². The molecule has 0 bridgehead atoms. The van der Waals surface area contributed by atoms with Crippen molar-refractivity contribution in [2.75, 3.05) is 26.7 Å². The highest BCUT2D eigenvalue weighted by Gasteiger charge is 2.19. The fourth-order valence-corrected chi connectivity index (χ4v) is 2.78. The Morgan fingerprint density at radius 3 is 3.00 bits per heavy atom. The van der Waals surface area contributed by atoms with Crippen molar-refractivity contribution in [2.24, 2.45) is 4.99 Å². The van der Waals surface area contributed by atoms with E-state index in [0.29, 0.717) is 0 Å². The van der Waals surface area contributed by atoms with Crippen LogP contribution >= 0.6 is 24.0 Å². The summed E-state index contributed by atoms with van der Waals surface area (Å²) < 4.78 is 6.09. The number of nitrogens with zero attached hydrogens (tertiary/aromatic N) is 1. The Kier molecular flexibility index (Phi) is 9.94. The average Bonchev–Trinajstić information content (AvgIpc) is 2.57. The van der Waals surface area contributed by atoms with Gasteiger partial charge in [-0.1, -0.05) is 30.3 Å². The molecule has 0 amide bonds. The van der Waals surface area contributed by atoms with E-state index < -0.39 is 0 Å². The largest absolute Gasteiger partial charge is 0.373 e. The molecule has 1 aliphatic rings.